The zero-order chi connectivity index (χ0) is 19.2. The predicted octanol–water partition coefficient (Wildman–Crippen LogP) is 5.31. The van der Waals surface area contributed by atoms with Crippen molar-refractivity contribution in [3.63, 3.8) is 0 Å². The van der Waals surface area contributed by atoms with Crippen LogP contribution in [0.1, 0.15) is 68.7 Å². The Morgan fingerprint density at radius 3 is 2.15 bits per heavy atom. The molecule has 1 atom stereocenters. The number of anilines is 1. The summed E-state index contributed by atoms with van der Waals surface area (Å²) in [5.74, 6) is 1.70. The zero-order valence-corrected chi connectivity index (χ0v) is 17.4. The van der Waals surface area contributed by atoms with Crippen molar-refractivity contribution < 1.29 is 9.30 Å². The molecular formula is C24H35N2O+. The minimum Gasteiger partial charge on any atom is -0.377 e. The van der Waals surface area contributed by atoms with Gasteiger partial charge in [0, 0.05) is 44.6 Å². The van der Waals surface area contributed by atoms with Crippen LogP contribution < -0.4 is 9.47 Å². The minimum atomic E-state index is -0.0875. The number of ether oxygens (including phenoxy) is 1. The van der Waals surface area contributed by atoms with E-state index in [0.717, 1.165) is 11.8 Å². The molecule has 1 saturated carbocycles. The average Bonchev–Trinajstić information content (AvgIpc) is 2.70. The Balaban J connectivity index is 1.68. The SMILES string of the molecule is CCCC1CCC(c2ccc(C(OC)[n+]3ccc(N(C)C)cc3)cc2)CC1. The molecule has 27 heavy (non-hydrogen) atoms. The number of nitrogens with zero attached hydrogens (tertiary/aromatic N) is 2. The number of hydrogen-bond acceptors (Lipinski definition) is 2. The Bertz CT molecular complexity index is 685. The van der Waals surface area contributed by atoms with E-state index in [0.29, 0.717) is 0 Å². The average molecular weight is 368 g/mol. The summed E-state index contributed by atoms with van der Waals surface area (Å²) >= 11 is 0. The van der Waals surface area contributed by atoms with Crippen LogP contribution in [0.15, 0.2) is 48.8 Å². The van der Waals surface area contributed by atoms with Crippen LogP contribution in [0.5, 0.6) is 0 Å². The number of methoxy groups -OCH3 is 1. The van der Waals surface area contributed by atoms with Crippen molar-refractivity contribution in [2.24, 2.45) is 5.92 Å². The molecule has 3 rings (SSSR count). The maximum absolute atomic E-state index is 5.80. The van der Waals surface area contributed by atoms with Gasteiger partial charge in [0.25, 0.3) is 6.23 Å². The third-order valence-electron chi connectivity index (χ3n) is 6.08. The van der Waals surface area contributed by atoms with Crippen LogP contribution in [0.25, 0.3) is 0 Å². The van der Waals surface area contributed by atoms with Crippen molar-refractivity contribution in [1.29, 1.82) is 0 Å². The van der Waals surface area contributed by atoms with E-state index >= 15 is 0 Å². The van der Waals surface area contributed by atoms with Gasteiger partial charge in [-0.05, 0) is 55.2 Å². The number of rotatable bonds is 7. The normalized spacial score (nSPS) is 21.0. The fraction of sp³-hybridized carbons (Fsp3) is 0.542. The third-order valence-corrected chi connectivity index (χ3v) is 6.08. The summed E-state index contributed by atoms with van der Waals surface area (Å²) in [6, 6.07) is 13.4. The molecule has 1 aromatic carbocycles. The summed E-state index contributed by atoms with van der Waals surface area (Å²) in [6.45, 7) is 2.31. The first-order chi connectivity index (χ1) is 13.1. The molecule has 0 radical (unpaired) electrons. The summed E-state index contributed by atoms with van der Waals surface area (Å²) in [7, 11) is 5.89. The number of aromatic nitrogens is 1. The number of hydrogen-bond donors (Lipinski definition) is 0. The molecule has 0 bridgehead atoms. The van der Waals surface area contributed by atoms with Crippen LogP contribution in [0.2, 0.25) is 0 Å². The molecule has 1 aromatic heterocycles. The Morgan fingerprint density at radius 2 is 1.63 bits per heavy atom. The largest absolute Gasteiger partial charge is 0.377 e. The molecule has 146 valence electrons. The molecule has 1 heterocycles. The topological polar surface area (TPSA) is 16.4 Å². The second kappa shape index (κ2) is 9.36. The predicted molar refractivity (Wildman–Crippen MR) is 112 cm³/mol. The summed E-state index contributed by atoms with van der Waals surface area (Å²) in [6.07, 6.45) is 12.3. The highest BCUT2D eigenvalue weighted by atomic mass is 16.5. The Kier molecular flexibility index (Phi) is 6.89. The molecule has 0 aliphatic heterocycles. The number of pyridine rings is 1. The van der Waals surface area contributed by atoms with E-state index in [1.807, 2.05) is 0 Å². The van der Waals surface area contributed by atoms with E-state index in [1.54, 1.807) is 7.11 Å². The third kappa shape index (κ3) is 4.90. The lowest BCUT2D eigenvalue weighted by Crippen LogP contribution is -2.40. The van der Waals surface area contributed by atoms with Crippen molar-refractivity contribution in [3.05, 3.63) is 59.9 Å². The van der Waals surface area contributed by atoms with Crippen molar-refractivity contribution in [2.75, 3.05) is 26.1 Å². The smallest absolute Gasteiger partial charge is 0.289 e. The van der Waals surface area contributed by atoms with Crippen LogP contribution in [0.3, 0.4) is 0 Å². The van der Waals surface area contributed by atoms with Gasteiger partial charge in [0.15, 0.2) is 12.4 Å². The Morgan fingerprint density at radius 1 is 1.00 bits per heavy atom. The van der Waals surface area contributed by atoms with Crippen LogP contribution in [-0.2, 0) is 4.74 Å². The molecule has 0 amide bonds. The van der Waals surface area contributed by atoms with Crippen molar-refractivity contribution in [2.45, 2.75) is 57.6 Å². The Labute approximate surface area is 165 Å². The van der Waals surface area contributed by atoms with Crippen molar-refractivity contribution in [3.8, 4) is 0 Å². The van der Waals surface area contributed by atoms with E-state index in [-0.39, 0.29) is 6.23 Å². The van der Waals surface area contributed by atoms with Gasteiger partial charge in [-0.15, -0.1) is 0 Å². The maximum atomic E-state index is 5.80. The van der Waals surface area contributed by atoms with Gasteiger partial charge in [-0.1, -0.05) is 31.9 Å². The van der Waals surface area contributed by atoms with Crippen LogP contribution in [0, 0.1) is 5.92 Å². The van der Waals surface area contributed by atoms with E-state index in [1.165, 1.54) is 55.3 Å². The molecule has 0 saturated heterocycles. The van der Waals surface area contributed by atoms with Gasteiger partial charge in [-0.2, -0.15) is 4.57 Å². The second-order valence-corrected chi connectivity index (χ2v) is 8.16. The van der Waals surface area contributed by atoms with Crippen LogP contribution in [0.4, 0.5) is 5.69 Å². The molecule has 2 aromatic rings. The standard InChI is InChI=1S/C24H35N2O/c1-5-6-19-7-9-20(10-8-19)21-11-13-22(14-12-21)24(27-4)26-17-15-23(16-18-26)25(2)3/h11-20,24H,5-10H2,1-4H3/q+1. The summed E-state index contributed by atoms with van der Waals surface area (Å²) in [4.78, 5) is 2.11. The highest BCUT2D eigenvalue weighted by molar-refractivity contribution is 5.41. The molecule has 0 N–H and O–H groups in total. The molecule has 1 aliphatic rings. The fourth-order valence-corrected chi connectivity index (χ4v) is 4.44. The minimum absolute atomic E-state index is 0.0875. The summed E-state index contributed by atoms with van der Waals surface area (Å²) in [5.41, 5.74) is 3.88. The fourth-order valence-electron chi connectivity index (χ4n) is 4.44. The van der Waals surface area contributed by atoms with Gasteiger partial charge in [0.2, 0.25) is 0 Å². The molecule has 3 heteroatoms. The first kappa shape index (κ1) is 19.9. The van der Waals surface area contributed by atoms with Gasteiger partial charge >= 0.3 is 0 Å². The van der Waals surface area contributed by atoms with Gasteiger partial charge in [0.1, 0.15) is 0 Å². The molecule has 0 spiro atoms. The second-order valence-electron chi connectivity index (χ2n) is 8.16. The van der Waals surface area contributed by atoms with E-state index in [4.69, 9.17) is 4.74 Å². The number of benzene rings is 1. The molecule has 1 fully saturated rings. The quantitative estimate of drug-likeness (QED) is 0.617. The van der Waals surface area contributed by atoms with Crippen LogP contribution in [-0.4, -0.2) is 21.2 Å². The van der Waals surface area contributed by atoms with Gasteiger partial charge in [0.05, 0.1) is 0 Å². The lowest BCUT2D eigenvalue weighted by atomic mass is 9.77. The molecule has 1 unspecified atom stereocenters. The van der Waals surface area contributed by atoms with E-state index < -0.39 is 0 Å². The van der Waals surface area contributed by atoms with Gasteiger partial charge in [-0.25, -0.2) is 0 Å². The van der Waals surface area contributed by atoms with Gasteiger partial charge in [-0.3, -0.25) is 0 Å². The highest BCUT2D eigenvalue weighted by Gasteiger charge is 2.24. The van der Waals surface area contributed by atoms with Crippen molar-refractivity contribution >= 4 is 5.69 Å². The highest BCUT2D eigenvalue weighted by Crippen LogP contribution is 2.37. The lowest BCUT2D eigenvalue weighted by Gasteiger charge is -2.28. The monoisotopic (exact) mass is 367 g/mol. The first-order valence-electron chi connectivity index (χ1n) is 10.4. The summed E-state index contributed by atoms with van der Waals surface area (Å²) in [5, 5.41) is 0. The van der Waals surface area contributed by atoms with E-state index in [9.17, 15) is 0 Å². The van der Waals surface area contributed by atoms with E-state index in [2.05, 4.69) is 79.3 Å². The van der Waals surface area contributed by atoms with Crippen molar-refractivity contribution in [1.82, 2.24) is 0 Å². The van der Waals surface area contributed by atoms with Crippen LogP contribution >= 0.6 is 0 Å². The lowest BCUT2D eigenvalue weighted by molar-refractivity contribution is -0.750. The maximum Gasteiger partial charge on any atom is 0.289 e. The summed E-state index contributed by atoms with van der Waals surface area (Å²) < 4.78 is 7.92. The molecular weight excluding hydrogens is 332 g/mol. The molecule has 3 nitrogen and oxygen atoms in total. The Hall–Kier alpha value is -1.87. The molecule has 1 aliphatic carbocycles. The first-order valence-corrected chi connectivity index (χ1v) is 10.4. The van der Waals surface area contributed by atoms with Gasteiger partial charge < -0.3 is 9.64 Å². The zero-order valence-electron chi connectivity index (χ0n) is 17.4.